The third-order valence-corrected chi connectivity index (χ3v) is 4.73. The lowest BCUT2D eigenvalue weighted by atomic mass is 9.95. The molecule has 1 aliphatic rings. The van der Waals surface area contributed by atoms with Crippen molar-refractivity contribution in [2.75, 3.05) is 5.32 Å². The molecule has 0 saturated heterocycles. The summed E-state index contributed by atoms with van der Waals surface area (Å²) >= 11 is 0. The van der Waals surface area contributed by atoms with Crippen molar-refractivity contribution < 1.29 is 20.1 Å². The molecule has 0 unspecified atom stereocenters. The fourth-order valence-electron chi connectivity index (χ4n) is 3.25. The molecular weight excluding hydrogens is 332 g/mol. The minimum absolute atomic E-state index is 0.0657. The van der Waals surface area contributed by atoms with Crippen LogP contribution in [0.1, 0.15) is 48.0 Å². The molecule has 0 aliphatic heterocycles. The van der Waals surface area contributed by atoms with Crippen molar-refractivity contribution in [1.82, 2.24) is 5.32 Å². The summed E-state index contributed by atoms with van der Waals surface area (Å²) in [5.41, 5.74) is 1.39. The first-order chi connectivity index (χ1) is 12.5. The van der Waals surface area contributed by atoms with Crippen LogP contribution in [0.25, 0.3) is 0 Å². The number of nitrogens with one attached hydrogen (secondary N) is 2. The molecular formula is C20H24N2O4. The first-order valence-electron chi connectivity index (χ1n) is 8.91. The van der Waals surface area contributed by atoms with Crippen molar-refractivity contribution in [2.45, 2.75) is 44.7 Å². The third kappa shape index (κ3) is 4.39. The number of aromatic hydroxyl groups is 3. The molecule has 1 fully saturated rings. The maximum Gasteiger partial charge on any atom is 0.255 e. The van der Waals surface area contributed by atoms with Crippen molar-refractivity contribution in [2.24, 2.45) is 0 Å². The van der Waals surface area contributed by atoms with E-state index in [0.717, 1.165) is 25.7 Å². The molecule has 1 saturated carbocycles. The maximum atomic E-state index is 12.5. The number of carbonyl (C=O) groups is 1. The Morgan fingerprint density at radius 3 is 2.46 bits per heavy atom. The van der Waals surface area contributed by atoms with Crippen LogP contribution in [0.4, 0.5) is 5.69 Å². The number of benzene rings is 2. The van der Waals surface area contributed by atoms with Crippen LogP contribution in [0.15, 0.2) is 36.4 Å². The van der Waals surface area contributed by atoms with E-state index in [1.165, 1.54) is 30.7 Å². The number of amides is 1. The molecule has 1 amide bonds. The third-order valence-electron chi connectivity index (χ3n) is 4.73. The van der Waals surface area contributed by atoms with E-state index in [0.29, 0.717) is 11.3 Å². The second-order valence-electron chi connectivity index (χ2n) is 6.71. The first kappa shape index (κ1) is 17.9. The van der Waals surface area contributed by atoms with Gasteiger partial charge in [-0.1, -0.05) is 19.3 Å². The molecule has 5 N–H and O–H groups in total. The van der Waals surface area contributed by atoms with Crippen LogP contribution in [-0.2, 0) is 6.54 Å². The molecule has 26 heavy (non-hydrogen) atoms. The van der Waals surface area contributed by atoms with Gasteiger partial charge in [-0.15, -0.1) is 0 Å². The Morgan fingerprint density at radius 2 is 1.69 bits per heavy atom. The molecule has 0 atom stereocenters. The summed E-state index contributed by atoms with van der Waals surface area (Å²) in [4.78, 5) is 12.5. The Labute approximate surface area is 152 Å². The van der Waals surface area contributed by atoms with Gasteiger partial charge in [-0.3, -0.25) is 4.79 Å². The monoisotopic (exact) mass is 356 g/mol. The molecule has 3 rings (SSSR count). The Balaban J connectivity index is 1.68. The Hall–Kier alpha value is -2.89. The highest BCUT2D eigenvalue weighted by molar-refractivity contribution is 5.98. The van der Waals surface area contributed by atoms with Gasteiger partial charge in [0.05, 0.1) is 5.56 Å². The van der Waals surface area contributed by atoms with Crippen molar-refractivity contribution in [3.05, 3.63) is 47.5 Å². The first-order valence-corrected chi connectivity index (χ1v) is 8.91. The van der Waals surface area contributed by atoms with E-state index >= 15 is 0 Å². The molecule has 6 heteroatoms. The van der Waals surface area contributed by atoms with Gasteiger partial charge >= 0.3 is 0 Å². The topological polar surface area (TPSA) is 102 Å². The lowest BCUT2D eigenvalue weighted by Crippen LogP contribution is -2.36. The van der Waals surface area contributed by atoms with Gasteiger partial charge in [-0.2, -0.15) is 0 Å². The summed E-state index contributed by atoms with van der Waals surface area (Å²) in [6, 6.07) is 9.19. The summed E-state index contributed by atoms with van der Waals surface area (Å²) < 4.78 is 0. The van der Waals surface area contributed by atoms with E-state index in [1.807, 2.05) is 0 Å². The predicted molar refractivity (Wildman–Crippen MR) is 99.5 cm³/mol. The molecule has 2 aromatic rings. The van der Waals surface area contributed by atoms with Crippen LogP contribution in [0.3, 0.4) is 0 Å². The van der Waals surface area contributed by atoms with Gasteiger partial charge in [0.15, 0.2) is 0 Å². The minimum Gasteiger partial charge on any atom is -0.508 e. The highest BCUT2D eigenvalue weighted by Gasteiger charge is 2.19. The van der Waals surface area contributed by atoms with E-state index in [1.54, 1.807) is 12.1 Å². The zero-order valence-electron chi connectivity index (χ0n) is 14.5. The van der Waals surface area contributed by atoms with Gasteiger partial charge in [-0.05, 0) is 49.2 Å². The number of anilines is 1. The number of carbonyl (C=O) groups excluding carboxylic acids is 1. The summed E-state index contributed by atoms with van der Waals surface area (Å²) in [6.07, 6.45) is 5.39. The van der Waals surface area contributed by atoms with Crippen LogP contribution in [0.5, 0.6) is 17.2 Å². The number of phenols is 3. The van der Waals surface area contributed by atoms with Crippen molar-refractivity contribution in [3.63, 3.8) is 0 Å². The highest BCUT2D eigenvalue weighted by Crippen LogP contribution is 2.26. The second-order valence-corrected chi connectivity index (χ2v) is 6.71. The fraction of sp³-hybridized carbons (Fsp3) is 0.350. The predicted octanol–water partition coefficient (Wildman–Crippen LogP) is 3.48. The zero-order chi connectivity index (χ0) is 18.5. The Kier molecular flexibility index (Phi) is 5.51. The van der Waals surface area contributed by atoms with Gasteiger partial charge in [0, 0.05) is 23.8 Å². The summed E-state index contributed by atoms with van der Waals surface area (Å²) in [5.74, 6) is -0.204. The smallest absolute Gasteiger partial charge is 0.255 e. The molecule has 138 valence electrons. The molecule has 6 nitrogen and oxygen atoms in total. The van der Waals surface area contributed by atoms with Crippen LogP contribution in [0.2, 0.25) is 0 Å². The van der Waals surface area contributed by atoms with Gasteiger partial charge in [-0.25, -0.2) is 0 Å². The molecule has 0 radical (unpaired) electrons. The average molecular weight is 356 g/mol. The van der Waals surface area contributed by atoms with Gasteiger partial charge < -0.3 is 26.0 Å². The second kappa shape index (κ2) is 7.99. The number of phenolic OH excluding ortho intramolecular Hbond substituents is 3. The molecule has 0 aromatic heterocycles. The molecule has 0 spiro atoms. The van der Waals surface area contributed by atoms with Gasteiger partial charge in [0.25, 0.3) is 5.91 Å². The van der Waals surface area contributed by atoms with Crippen LogP contribution in [0, 0.1) is 0 Å². The Morgan fingerprint density at radius 1 is 0.962 bits per heavy atom. The van der Waals surface area contributed by atoms with Gasteiger partial charge in [0.2, 0.25) is 0 Å². The normalized spacial score (nSPS) is 14.8. The summed E-state index contributed by atoms with van der Waals surface area (Å²) in [7, 11) is 0. The van der Waals surface area contributed by atoms with Crippen molar-refractivity contribution in [3.8, 4) is 17.2 Å². The largest absolute Gasteiger partial charge is 0.508 e. The van der Waals surface area contributed by atoms with Crippen LogP contribution >= 0.6 is 0 Å². The summed E-state index contributed by atoms with van der Waals surface area (Å²) in [5, 5.41) is 35.5. The zero-order valence-corrected chi connectivity index (χ0v) is 14.5. The molecule has 1 aliphatic carbocycles. The number of hydrogen-bond donors (Lipinski definition) is 5. The summed E-state index contributed by atoms with van der Waals surface area (Å²) in [6.45, 7) is 0.273. The maximum absolute atomic E-state index is 12.5. The van der Waals surface area contributed by atoms with E-state index in [9.17, 15) is 20.1 Å². The standard InChI is InChI=1S/C20H24N2O4/c23-16-7-9-18(24)13(10-16)12-21-15-6-8-19(25)17(11-15)20(26)22-14-4-2-1-3-5-14/h6-11,14,21,23-25H,1-5,12H2,(H,22,26). The van der Waals surface area contributed by atoms with Crippen LogP contribution < -0.4 is 10.6 Å². The number of hydrogen-bond acceptors (Lipinski definition) is 5. The van der Waals surface area contributed by atoms with E-state index in [2.05, 4.69) is 10.6 Å². The number of rotatable bonds is 5. The van der Waals surface area contributed by atoms with E-state index in [4.69, 9.17) is 0 Å². The van der Waals surface area contributed by atoms with Crippen LogP contribution in [-0.4, -0.2) is 27.3 Å². The van der Waals surface area contributed by atoms with E-state index in [-0.39, 0.29) is 41.3 Å². The van der Waals surface area contributed by atoms with Crippen molar-refractivity contribution >= 4 is 11.6 Å². The van der Waals surface area contributed by atoms with Gasteiger partial charge in [0.1, 0.15) is 17.2 Å². The SMILES string of the molecule is O=C(NC1CCCCC1)c1cc(NCc2cc(O)ccc2O)ccc1O. The minimum atomic E-state index is -0.279. The fourth-order valence-corrected chi connectivity index (χ4v) is 3.25. The average Bonchev–Trinajstić information content (AvgIpc) is 2.64. The van der Waals surface area contributed by atoms with E-state index < -0.39 is 0 Å². The molecule has 2 aromatic carbocycles. The quantitative estimate of drug-likeness (QED) is 0.528. The molecule has 0 heterocycles. The van der Waals surface area contributed by atoms with Crippen molar-refractivity contribution in [1.29, 1.82) is 0 Å². The lowest BCUT2D eigenvalue weighted by molar-refractivity contribution is 0.0925. The lowest BCUT2D eigenvalue weighted by Gasteiger charge is -2.23. The highest BCUT2D eigenvalue weighted by atomic mass is 16.3. The molecule has 0 bridgehead atoms. The Bertz CT molecular complexity index is 785.